The van der Waals surface area contributed by atoms with Crippen LogP contribution in [0.2, 0.25) is 0 Å². The Kier molecular flexibility index (Phi) is 17.9. The van der Waals surface area contributed by atoms with E-state index in [1.54, 1.807) is 31.3 Å². The van der Waals surface area contributed by atoms with Crippen molar-refractivity contribution in [2.75, 3.05) is 19.8 Å². The third-order valence-corrected chi connectivity index (χ3v) is 14.1. The second-order valence-corrected chi connectivity index (χ2v) is 19.5. The Bertz CT molecular complexity index is 1740. The normalized spacial score (nSPS) is 17.0. The molecule has 1 aliphatic carbocycles. The van der Waals surface area contributed by atoms with Crippen molar-refractivity contribution in [3.8, 4) is 0 Å². The van der Waals surface area contributed by atoms with Gasteiger partial charge in [-0.3, -0.25) is 24.0 Å². The fourth-order valence-corrected chi connectivity index (χ4v) is 9.89. The number of nitrogens with one attached hydrogen (secondary N) is 2. The van der Waals surface area contributed by atoms with E-state index in [1.165, 1.54) is 18.3 Å². The summed E-state index contributed by atoms with van der Waals surface area (Å²) in [5, 5.41) is 7.68. The maximum absolute atomic E-state index is 14.2. The fourth-order valence-electron chi connectivity index (χ4n) is 7.28. The number of hydrogen-bond acceptors (Lipinski definition) is 11. The first-order chi connectivity index (χ1) is 26.3. The van der Waals surface area contributed by atoms with E-state index in [9.17, 15) is 32.4 Å². The molecular weight excluding hydrogens is 753 g/mol. The van der Waals surface area contributed by atoms with Crippen LogP contribution in [0.5, 0.6) is 0 Å². The zero-order valence-electron chi connectivity index (χ0n) is 34.9. The Morgan fingerprint density at radius 2 is 1.61 bits per heavy atom. The van der Waals surface area contributed by atoms with Crippen molar-refractivity contribution in [3.63, 3.8) is 0 Å². The third-order valence-electron chi connectivity index (χ3n) is 11.0. The standard InChI is InChI=1S/C42H64N4O8S2/c1-11-27(6)33(21-36(48)39(43-9)26(4)5)42(51)46(10)35(25(2)3)22-38(54-29(8)47)41-45-34(23-55-41)40(50)44-31(20-30-15-13-12-14-16-30)19-28(7)37(49)24-56(52,53)32-17-18-32/h12-16,23,25-28,31-33,35,38-39,43H,11,17-22,24H2,1-10H3,(H,44,50)/t27-,28-,31+,33-,35+,38+,39-/m0/s1. The first-order valence-electron chi connectivity index (χ1n) is 20.0. The third kappa shape index (κ3) is 13.6. The maximum Gasteiger partial charge on any atom is 0.303 e. The molecule has 1 aliphatic rings. The van der Waals surface area contributed by atoms with Crippen LogP contribution in [0.1, 0.15) is 121 Å². The fraction of sp³-hybridized carbons (Fsp3) is 0.667. The molecular formula is C42H64N4O8S2. The zero-order chi connectivity index (χ0) is 41.9. The summed E-state index contributed by atoms with van der Waals surface area (Å²) < 4.78 is 30.9. The summed E-state index contributed by atoms with van der Waals surface area (Å²) in [6.07, 6.45) is 2.04. The molecule has 0 bridgehead atoms. The van der Waals surface area contributed by atoms with E-state index in [0.29, 0.717) is 24.3 Å². The molecule has 2 aromatic rings. The highest BCUT2D eigenvalue weighted by Crippen LogP contribution is 2.33. The summed E-state index contributed by atoms with van der Waals surface area (Å²) in [7, 11) is 0.0169. The van der Waals surface area contributed by atoms with Crippen molar-refractivity contribution in [1.29, 1.82) is 0 Å². The lowest BCUT2D eigenvalue weighted by molar-refractivity contribution is -0.149. The molecule has 2 N–H and O–H groups in total. The van der Waals surface area contributed by atoms with Crippen LogP contribution in [0.4, 0.5) is 0 Å². The second-order valence-electron chi connectivity index (χ2n) is 16.3. The Morgan fingerprint density at radius 3 is 2.14 bits per heavy atom. The minimum Gasteiger partial charge on any atom is -0.455 e. The van der Waals surface area contributed by atoms with Crippen molar-refractivity contribution >= 4 is 50.5 Å². The summed E-state index contributed by atoms with van der Waals surface area (Å²) >= 11 is 1.17. The number of aromatic nitrogens is 1. The molecule has 12 nitrogen and oxygen atoms in total. The van der Waals surface area contributed by atoms with Crippen LogP contribution < -0.4 is 10.6 Å². The molecule has 1 saturated carbocycles. The average Bonchev–Trinajstić information content (AvgIpc) is 3.89. The van der Waals surface area contributed by atoms with Gasteiger partial charge in [-0.2, -0.15) is 0 Å². The largest absolute Gasteiger partial charge is 0.455 e. The minimum absolute atomic E-state index is 0.00406. The number of rotatable bonds is 24. The van der Waals surface area contributed by atoms with Crippen LogP contribution in [0.3, 0.4) is 0 Å². The Hall–Kier alpha value is -3.49. The number of ether oxygens (including phenoxy) is 1. The van der Waals surface area contributed by atoms with Gasteiger partial charge in [-0.1, -0.05) is 85.2 Å². The number of Topliss-reactive ketones (excluding diaryl/α,β-unsaturated/α-hetero) is 2. The van der Waals surface area contributed by atoms with Crippen LogP contribution >= 0.6 is 11.3 Å². The summed E-state index contributed by atoms with van der Waals surface area (Å²) in [6, 6.07) is 8.26. The monoisotopic (exact) mass is 816 g/mol. The Balaban J connectivity index is 1.83. The molecule has 1 heterocycles. The van der Waals surface area contributed by atoms with Gasteiger partial charge in [0.15, 0.2) is 27.5 Å². The lowest BCUT2D eigenvalue weighted by Gasteiger charge is -2.37. The van der Waals surface area contributed by atoms with Gasteiger partial charge in [-0.25, -0.2) is 13.4 Å². The van der Waals surface area contributed by atoms with Gasteiger partial charge in [0.2, 0.25) is 5.91 Å². The van der Waals surface area contributed by atoms with Gasteiger partial charge in [0.1, 0.15) is 16.5 Å². The topological polar surface area (TPSA) is 169 Å². The minimum atomic E-state index is -3.47. The molecule has 0 unspecified atom stereocenters. The van der Waals surface area contributed by atoms with Gasteiger partial charge in [-0.15, -0.1) is 11.3 Å². The van der Waals surface area contributed by atoms with Crippen molar-refractivity contribution in [3.05, 3.63) is 52.0 Å². The molecule has 0 saturated heterocycles. The molecule has 1 aromatic heterocycles. The van der Waals surface area contributed by atoms with Crippen LogP contribution in [-0.2, 0) is 40.2 Å². The first kappa shape index (κ1) is 46.9. The van der Waals surface area contributed by atoms with E-state index in [2.05, 4.69) is 15.6 Å². The number of amides is 2. The predicted octanol–water partition coefficient (Wildman–Crippen LogP) is 6.00. The number of ketones is 2. The highest BCUT2D eigenvalue weighted by Gasteiger charge is 2.39. The molecule has 2 amide bonds. The highest BCUT2D eigenvalue weighted by molar-refractivity contribution is 7.93. The summed E-state index contributed by atoms with van der Waals surface area (Å²) in [5.74, 6) is -3.19. The molecule has 3 rings (SSSR count). The summed E-state index contributed by atoms with van der Waals surface area (Å²) in [5.41, 5.74) is 1.05. The van der Waals surface area contributed by atoms with Crippen molar-refractivity contribution in [2.24, 2.45) is 29.6 Å². The summed E-state index contributed by atoms with van der Waals surface area (Å²) in [6.45, 7) is 14.9. The summed E-state index contributed by atoms with van der Waals surface area (Å²) in [4.78, 5) is 73.1. The molecule has 312 valence electrons. The number of nitrogens with zero attached hydrogens (tertiary/aromatic N) is 2. The number of hydrogen-bond donors (Lipinski definition) is 2. The number of carbonyl (C=O) groups excluding carboxylic acids is 5. The van der Waals surface area contributed by atoms with E-state index in [1.807, 2.05) is 71.9 Å². The van der Waals surface area contributed by atoms with E-state index in [-0.39, 0.29) is 66.2 Å². The molecule has 0 spiro atoms. The molecule has 0 aliphatic heterocycles. The van der Waals surface area contributed by atoms with Crippen LogP contribution in [0.25, 0.3) is 0 Å². The quantitative estimate of drug-likeness (QED) is 0.120. The highest BCUT2D eigenvalue weighted by atomic mass is 32.2. The van der Waals surface area contributed by atoms with Crippen LogP contribution in [0.15, 0.2) is 35.7 Å². The van der Waals surface area contributed by atoms with E-state index in [0.717, 1.165) is 12.0 Å². The van der Waals surface area contributed by atoms with Crippen LogP contribution in [-0.4, -0.2) is 90.9 Å². The number of esters is 1. The number of likely N-dealkylation sites (N-methyl/N-ethyl adjacent to an activating group) is 1. The number of benzene rings is 1. The number of sulfone groups is 1. The Morgan fingerprint density at radius 1 is 0.964 bits per heavy atom. The molecule has 0 radical (unpaired) electrons. The Labute approximate surface area is 338 Å². The SMILES string of the molecule is CC[C@H](C)[C@H](CC(=O)[C@@H](NC)C(C)C)C(=O)N(C)[C@H](C[C@@H](OC(C)=O)c1nc(C(=O)N[C@@H](Cc2ccccc2)C[C@H](C)C(=O)CS(=O)(=O)C2CC2)cs1)C(C)C. The molecule has 1 fully saturated rings. The van der Waals surface area contributed by atoms with E-state index < -0.39 is 62.7 Å². The van der Waals surface area contributed by atoms with Gasteiger partial charge in [0.05, 0.1) is 11.3 Å². The zero-order valence-corrected chi connectivity index (χ0v) is 36.5. The van der Waals surface area contributed by atoms with E-state index in [4.69, 9.17) is 4.74 Å². The smallest absolute Gasteiger partial charge is 0.303 e. The van der Waals surface area contributed by atoms with Gasteiger partial charge in [0, 0.05) is 56.1 Å². The van der Waals surface area contributed by atoms with E-state index >= 15 is 0 Å². The number of carbonyl (C=O) groups is 5. The molecule has 14 heteroatoms. The maximum atomic E-state index is 14.2. The molecule has 1 aromatic carbocycles. The molecule has 7 atom stereocenters. The average molecular weight is 817 g/mol. The molecule has 56 heavy (non-hydrogen) atoms. The van der Waals surface area contributed by atoms with Gasteiger partial charge >= 0.3 is 5.97 Å². The van der Waals surface area contributed by atoms with Crippen LogP contribution in [0, 0.1) is 29.6 Å². The first-order valence-corrected chi connectivity index (χ1v) is 22.6. The van der Waals surface area contributed by atoms with Crippen molar-refractivity contribution in [2.45, 2.75) is 130 Å². The lowest BCUT2D eigenvalue weighted by Crippen LogP contribution is -2.47. The number of thiazole rings is 1. The van der Waals surface area contributed by atoms with Crippen molar-refractivity contribution in [1.82, 2.24) is 20.5 Å². The predicted molar refractivity (Wildman–Crippen MR) is 220 cm³/mol. The van der Waals surface area contributed by atoms with Crippen molar-refractivity contribution < 1.29 is 37.1 Å². The van der Waals surface area contributed by atoms with Gasteiger partial charge in [0.25, 0.3) is 5.91 Å². The van der Waals surface area contributed by atoms with Gasteiger partial charge in [-0.05, 0) is 56.0 Å². The van der Waals surface area contributed by atoms with Gasteiger partial charge < -0.3 is 20.3 Å². The lowest BCUT2D eigenvalue weighted by atomic mass is 9.82. The second kappa shape index (κ2) is 21.3.